The number of amides is 2. The Morgan fingerprint density at radius 2 is 1.16 bits per heavy atom. The predicted molar refractivity (Wildman–Crippen MR) is 111 cm³/mol. The van der Waals surface area contributed by atoms with Gasteiger partial charge in [0.1, 0.15) is 23.8 Å². The first-order valence-electron chi connectivity index (χ1n) is 10.7. The van der Waals surface area contributed by atoms with E-state index in [4.69, 9.17) is 9.47 Å². The van der Waals surface area contributed by atoms with Crippen LogP contribution in [-0.2, 0) is 28.7 Å². The molecule has 0 radical (unpaired) electrons. The minimum absolute atomic E-state index is 0.0330. The molecule has 0 aromatic heterocycles. The lowest BCUT2D eigenvalue weighted by atomic mass is 9.79. The molecule has 0 unspecified atom stereocenters. The molecule has 0 aromatic rings. The van der Waals surface area contributed by atoms with Gasteiger partial charge in [0, 0.05) is 51.7 Å². The third kappa shape index (κ3) is 2.24. The Kier molecular flexibility index (Phi) is 4.47. The maximum Gasteiger partial charge on any atom is 0.261 e. The number of fused-ring (bicyclic) bond motifs is 3. The van der Waals surface area contributed by atoms with E-state index in [0.717, 1.165) is 0 Å². The molecule has 2 amide bonds. The number of nitrogens with zero attached hydrogens (tertiary/aromatic N) is 2. The molecule has 5 heterocycles. The van der Waals surface area contributed by atoms with Crippen molar-refractivity contribution in [3.63, 3.8) is 0 Å². The number of Topliss-reactive ketones (excluding diaryl/α,β-unsaturated/α-hetero) is 2. The van der Waals surface area contributed by atoms with Crippen molar-refractivity contribution in [1.82, 2.24) is 9.80 Å². The molecule has 2 N–H and O–H groups in total. The van der Waals surface area contributed by atoms with Crippen molar-refractivity contribution in [2.24, 2.45) is 11.8 Å². The van der Waals surface area contributed by atoms with E-state index in [-0.39, 0.29) is 49.1 Å². The molecule has 0 aromatic carbocycles. The zero-order valence-electron chi connectivity index (χ0n) is 17.5. The first kappa shape index (κ1) is 21.4. The van der Waals surface area contributed by atoms with Gasteiger partial charge in [0.2, 0.25) is 0 Å². The zero-order chi connectivity index (χ0) is 22.7. The fourth-order valence-corrected chi connectivity index (χ4v) is 10.6. The van der Waals surface area contributed by atoms with Crippen LogP contribution in [0.5, 0.6) is 0 Å². The predicted octanol–water partition coefficient (Wildman–Crippen LogP) is -1.08. The molecule has 12 heteroatoms. The summed E-state index contributed by atoms with van der Waals surface area (Å²) in [5, 5.41) is 22.0. The molecular formula is C20H24N2O8S2. The summed E-state index contributed by atoms with van der Waals surface area (Å²) < 4.78 is 10.6. The smallest absolute Gasteiger partial charge is 0.261 e. The Hall–Kier alpha value is -1.18. The molecule has 10 atom stereocenters. The van der Waals surface area contributed by atoms with Gasteiger partial charge in [0.05, 0.1) is 24.3 Å². The summed E-state index contributed by atoms with van der Waals surface area (Å²) in [4.78, 5) is 54.0. The van der Waals surface area contributed by atoms with E-state index < -0.39 is 58.1 Å². The van der Waals surface area contributed by atoms with Gasteiger partial charge >= 0.3 is 0 Å². The van der Waals surface area contributed by atoms with Crippen LogP contribution in [0.4, 0.5) is 0 Å². The van der Waals surface area contributed by atoms with Crippen LogP contribution in [0.1, 0.15) is 25.7 Å². The number of methoxy groups -OCH3 is 2. The molecule has 5 aliphatic heterocycles. The Morgan fingerprint density at radius 1 is 0.781 bits per heavy atom. The summed E-state index contributed by atoms with van der Waals surface area (Å²) in [6.45, 7) is 0. The summed E-state index contributed by atoms with van der Waals surface area (Å²) in [6, 6.07) is -1.69. The highest BCUT2D eigenvalue weighted by Crippen LogP contribution is 2.70. The van der Waals surface area contributed by atoms with E-state index in [2.05, 4.69) is 0 Å². The third-order valence-electron chi connectivity index (χ3n) is 8.31. The number of carbonyl (C=O) groups is 4. The quantitative estimate of drug-likeness (QED) is 0.466. The lowest BCUT2D eigenvalue weighted by Gasteiger charge is -2.59. The molecule has 7 fully saturated rings. The van der Waals surface area contributed by atoms with Gasteiger partial charge < -0.3 is 29.5 Å². The van der Waals surface area contributed by atoms with Crippen LogP contribution in [-0.4, -0.2) is 104 Å². The number of aliphatic hydroxyl groups excluding tert-OH is 2. The van der Waals surface area contributed by atoms with Crippen LogP contribution < -0.4 is 0 Å². The van der Waals surface area contributed by atoms with Gasteiger partial charge in [-0.15, -0.1) is 0 Å². The summed E-state index contributed by atoms with van der Waals surface area (Å²) >= 11 is 0. The normalized spacial score (nSPS) is 51.6. The van der Waals surface area contributed by atoms with Crippen LogP contribution in [0.2, 0.25) is 0 Å². The molecule has 2 bridgehead atoms. The van der Waals surface area contributed by atoms with Gasteiger partial charge in [-0.25, -0.2) is 0 Å². The molecular weight excluding hydrogens is 460 g/mol. The lowest BCUT2D eigenvalue weighted by Crippen LogP contribution is -2.78. The first-order valence-corrected chi connectivity index (χ1v) is 12.9. The van der Waals surface area contributed by atoms with Crippen molar-refractivity contribution in [2.75, 3.05) is 14.2 Å². The van der Waals surface area contributed by atoms with E-state index in [1.807, 2.05) is 0 Å². The van der Waals surface area contributed by atoms with E-state index in [0.29, 0.717) is 0 Å². The minimum atomic E-state index is -1.35. The summed E-state index contributed by atoms with van der Waals surface area (Å²) in [5.41, 5.74) is 0. The molecule has 2 aliphatic carbocycles. The number of aliphatic hydroxyl groups is 2. The largest absolute Gasteiger partial charge is 0.388 e. The SMILES string of the molecule is CO[C@H]1CC(=O)[C@H]2C[C@@]34SS[C@]5(C[C@@H]6C(=O)C[C@H](OC)[C@H](O)[C@H]6N5C3=O)C(=O)N4[C@@H]2[C@H]1O. The number of hydrogen-bond acceptors (Lipinski definition) is 10. The van der Waals surface area contributed by atoms with Crippen molar-refractivity contribution in [3.05, 3.63) is 0 Å². The first-order chi connectivity index (χ1) is 15.2. The molecule has 5 saturated heterocycles. The molecule has 2 saturated carbocycles. The number of piperazine rings is 1. The molecule has 174 valence electrons. The number of ether oxygens (including phenoxy) is 2. The standard InChI is InChI=1S/C20H24N2O8S2/c1-29-11-3-9(23)7-5-19-18(28)22-14-8(10(24)4-12(30-2)16(14)26)6-20(22,32-31-19)17(27)21(19)13(7)15(11)25/h7-8,11-16,25-26H,3-6H2,1-2H3/t7-,8-,11+,12+,13+,14+,15+,16+,19-,20-/m1/s1. The maximum absolute atomic E-state index is 14.0. The zero-order valence-corrected chi connectivity index (χ0v) is 19.1. The van der Waals surface area contributed by atoms with E-state index >= 15 is 0 Å². The lowest BCUT2D eigenvalue weighted by molar-refractivity contribution is -0.177. The Balaban J connectivity index is 1.46. The second-order valence-corrected chi connectivity index (χ2v) is 12.2. The molecule has 7 rings (SSSR count). The average Bonchev–Trinajstić information content (AvgIpc) is 3.32. The summed E-state index contributed by atoms with van der Waals surface area (Å²) in [7, 11) is 5.31. The second-order valence-electron chi connectivity index (χ2n) is 9.56. The molecule has 32 heavy (non-hydrogen) atoms. The number of hydrogen-bond donors (Lipinski definition) is 2. The van der Waals surface area contributed by atoms with Crippen LogP contribution in [0.25, 0.3) is 0 Å². The van der Waals surface area contributed by atoms with Gasteiger partial charge in [-0.3, -0.25) is 19.2 Å². The average molecular weight is 485 g/mol. The van der Waals surface area contributed by atoms with Crippen molar-refractivity contribution in [3.8, 4) is 0 Å². The summed E-state index contributed by atoms with van der Waals surface area (Å²) in [5.74, 6) is -2.33. The van der Waals surface area contributed by atoms with Crippen LogP contribution >= 0.6 is 21.6 Å². The fourth-order valence-electron chi connectivity index (χ4n) is 6.81. The number of carbonyl (C=O) groups excluding carboxylic acids is 4. The minimum Gasteiger partial charge on any atom is -0.388 e. The maximum atomic E-state index is 14.0. The van der Waals surface area contributed by atoms with E-state index in [1.54, 1.807) is 0 Å². The highest BCUT2D eigenvalue weighted by Gasteiger charge is 2.80. The second kappa shape index (κ2) is 6.70. The van der Waals surface area contributed by atoms with Gasteiger partial charge in [-0.1, -0.05) is 21.6 Å². The molecule has 7 aliphatic rings. The third-order valence-corrected chi connectivity index (χ3v) is 11.9. The topological polar surface area (TPSA) is 134 Å². The monoisotopic (exact) mass is 484 g/mol. The Bertz CT molecular complexity index is 875. The highest BCUT2D eigenvalue weighted by atomic mass is 33.1. The fraction of sp³-hybridized carbons (Fsp3) is 0.800. The van der Waals surface area contributed by atoms with Crippen molar-refractivity contribution in [1.29, 1.82) is 0 Å². The van der Waals surface area contributed by atoms with Gasteiger partial charge in [-0.05, 0) is 0 Å². The van der Waals surface area contributed by atoms with Crippen LogP contribution in [0.3, 0.4) is 0 Å². The van der Waals surface area contributed by atoms with E-state index in [1.165, 1.54) is 45.6 Å². The number of rotatable bonds is 2. The van der Waals surface area contributed by atoms with Crippen LogP contribution in [0.15, 0.2) is 0 Å². The van der Waals surface area contributed by atoms with Crippen molar-refractivity contribution in [2.45, 2.75) is 71.9 Å². The Morgan fingerprint density at radius 3 is 1.50 bits per heavy atom. The molecule has 10 nitrogen and oxygen atoms in total. The summed E-state index contributed by atoms with van der Waals surface area (Å²) in [6.07, 6.45) is -3.40. The Labute approximate surface area is 191 Å². The number of ketones is 2. The van der Waals surface area contributed by atoms with Gasteiger partial charge in [0.25, 0.3) is 11.8 Å². The van der Waals surface area contributed by atoms with Gasteiger partial charge in [0.15, 0.2) is 9.74 Å². The van der Waals surface area contributed by atoms with Crippen molar-refractivity contribution >= 4 is 45.0 Å². The highest BCUT2D eigenvalue weighted by molar-refractivity contribution is 8.78. The van der Waals surface area contributed by atoms with Gasteiger partial charge in [-0.2, -0.15) is 0 Å². The van der Waals surface area contributed by atoms with Crippen molar-refractivity contribution < 1.29 is 38.9 Å². The van der Waals surface area contributed by atoms with E-state index in [9.17, 15) is 29.4 Å². The molecule has 2 spiro atoms. The van der Waals surface area contributed by atoms with Crippen LogP contribution in [0, 0.1) is 11.8 Å².